The van der Waals surface area contributed by atoms with Gasteiger partial charge in [0.1, 0.15) is 10.7 Å². The summed E-state index contributed by atoms with van der Waals surface area (Å²) in [5.41, 5.74) is 2.79. The van der Waals surface area contributed by atoms with Gasteiger partial charge in [-0.05, 0) is 37.0 Å². The quantitative estimate of drug-likeness (QED) is 0.693. The molecule has 146 valence electrons. The van der Waals surface area contributed by atoms with Crippen LogP contribution in [0.4, 0.5) is 0 Å². The number of nitrogens with zero attached hydrogens (tertiary/aromatic N) is 2. The monoisotopic (exact) mass is 397 g/mol. The zero-order valence-corrected chi connectivity index (χ0v) is 16.9. The second kappa shape index (κ2) is 7.85. The van der Waals surface area contributed by atoms with Crippen LogP contribution in [0.5, 0.6) is 0 Å². The number of thiophene rings is 1. The van der Waals surface area contributed by atoms with Gasteiger partial charge in [0.15, 0.2) is 0 Å². The van der Waals surface area contributed by atoms with E-state index in [0.717, 1.165) is 35.4 Å². The Balaban J connectivity index is 1.58. The van der Waals surface area contributed by atoms with Crippen molar-refractivity contribution in [2.45, 2.75) is 46.4 Å². The lowest BCUT2D eigenvalue weighted by atomic mass is 10.1. The van der Waals surface area contributed by atoms with E-state index < -0.39 is 0 Å². The molecule has 4 rings (SSSR count). The largest absolute Gasteiger partial charge is 0.377 e. The van der Waals surface area contributed by atoms with E-state index in [9.17, 15) is 9.59 Å². The number of rotatable bonds is 6. The Kier molecular flexibility index (Phi) is 5.28. The van der Waals surface area contributed by atoms with Gasteiger partial charge < -0.3 is 10.1 Å². The molecule has 6 nitrogen and oxygen atoms in total. The number of benzene rings is 1. The number of aryl methyl sites for hydroxylation is 2. The standard InChI is InChI=1S/C21H23N3O3S/c1-3-27-12-15-8-5-4-7-14(15)11-22-19(25)18-13(2)17-20(28-18)23-16-9-6-10-24(16)21(17)26/h4-5,7-8H,3,6,9-12H2,1-2H3,(H,22,25). The molecule has 0 unspecified atom stereocenters. The fourth-order valence-electron chi connectivity index (χ4n) is 3.63. The van der Waals surface area contributed by atoms with Crippen LogP contribution in [0.25, 0.3) is 10.2 Å². The molecule has 0 saturated carbocycles. The molecule has 0 saturated heterocycles. The van der Waals surface area contributed by atoms with Gasteiger partial charge in [-0.25, -0.2) is 4.98 Å². The maximum absolute atomic E-state index is 12.8. The average molecular weight is 398 g/mol. The summed E-state index contributed by atoms with van der Waals surface area (Å²) in [6.45, 7) is 6.09. The maximum atomic E-state index is 12.8. The first-order chi connectivity index (χ1) is 13.6. The fourth-order valence-corrected chi connectivity index (χ4v) is 4.74. The molecule has 3 heterocycles. The highest BCUT2D eigenvalue weighted by atomic mass is 32.1. The molecule has 1 aliphatic rings. The van der Waals surface area contributed by atoms with E-state index in [2.05, 4.69) is 10.3 Å². The number of nitrogens with one attached hydrogen (secondary N) is 1. The van der Waals surface area contributed by atoms with Gasteiger partial charge in [0.25, 0.3) is 11.5 Å². The third-order valence-electron chi connectivity index (χ3n) is 5.14. The predicted octanol–water partition coefficient (Wildman–Crippen LogP) is 3.18. The number of fused-ring (bicyclic) bond motifs is 2. The van der Waals surface area contributed by atoms with Crippen molar-refractivity contribution >= 4 is 27.5 Å². The molecule has 0 fully saturated rings. The second-order valence-corrected chi connectivity index (χ2v) is 7.91. The van der Waals surface area contributed by atoms with Crippen LogP contribution in [-0.4, -0.2) is 22.1 Å². The summed E-state index contributed by atoms with van der Waals surface area (Å²) in [4.78, 5) is 31.5. The first-order valence-corrected chi connectivity index (χ1v) is 10.4. The highest BCUT2D eigenvalue weighted by molar-refractivity contribution is 7.20. The van der Waals surface area contributed by atoms with Crippen LogP contribution in [0.15, 0.2) is 29.1 Å². The van der Waals surface area contributed by atoms with Crippen LogP contribution >= 0.6 is 11.3 Å². The number of carbonyl (C=O) groups excluding carboxylic acids is 1. The second-order valence-electron chi connectivity index (χ2n) is 6.91. The van der Waals surface area contributed by atoms with Crippen molar-refractivity contribution in [2.75, 3.05) is 6.61 Å². The third kappa shape index (κ3) is 3.36. The SMILES string of the molecule is CCOCc1ccccc1CNC(=O)c1sc2nc3n(c(=O)c2c1C)CCC3. The van der Waals surface area contributed by atoms with E-state index in [1.807, 2.05) is 38.1 Å². The van der Waals surface area contributed by atoms with E-state index in [1.165, 1.54) is 11.3 Å². The summed E-state index contributed by atoms with van der Waals surface area (Å²) in [6.07, 6.45) is 1.77. The van der Waals surface area contributed by atoms with Crippen molar-refractivity contribution in [2.24, 2.45) is 0 Å². The molecule has 0 atom stereocenters. The summed E-state index contributed by atoms with van der Waals surface area (Å²) in [5.74, 6) is 0.659. The molecule has 1 N–H and O–H groups in total. The predicted molar refractivity (Wildman–Crippen MR) is 110 cm³/mol. The van der Waals surface area contributed by atoms with Crippen molar-refractivity contribution < 1.29 is 9.53 Å². The van der Waals surface area contributed by atoms with Gasteiger partial charge in [-0.1, -0.05) is 24.3 Å². The molecule has 0 aliphatic carbocycles. The smallest absolute Gasteiger partial charge is 0.262 e. The van der Waals surface area contributed by atoms with E-state index in [-0.39, 0.29) is 11.5 Å². The first-order valence-electron chi connectivity index (χ1n) is 9.55. The van der Waals surface area contributed by atoms with E-state index in [4.69, 9.17) is 4.74 Å². The number of aromatic nitrogens is 2. The van der Waals surface area contributed by atoms with Crippen molar-refractivity contribution in [3.8, 4) is 0 Å². The Morgan fingerprint density at radius 3 is 2.89 bits per heavy atom. The summed E-state index contributed by atoms with van der Waals surface area (Å²) in [7, 11) is 0. The van der Waals surface area contributed by atoms with Gasteiger partial charge in [-0.3, -0.25) is 14.2 Å². The molecule has 0 bridgehead atoms. The zero-order chi connectivity index (χ0) is 19.7. The Morgan fingerprint density at radius 2 is 2.11 bits per heavy atom. The van der Waals surface area contributed by atoms with Gasteiger partial charge in [0.2, 0.25) is 0 Å². The van der Waals surface area contributed by atoms with E-state index >= 15 is 0 Å². The lowest BCUT2D eigenvalue weighted by molar-refractivity contribution is 0.0953. The van der Waals surface area contributed by atoms with E-state index in [1.54, 1.807) is 4.57 Å². The van der Waals surface area contributed by atoms with Gasteiger partial charge >= 0.3 is 0 Å². The molecule has 0 spiro atoms. The van der Waals surface area contributed by atoms with Gasteiger partial charge in [-0.15, -0.1) is 11.3 Å². The summed E-state index contributed by atoms with van der Waals surface area (Å²) < 4.78 is 7.25. The Bertz CT molecular complexity index is 1100. The molecule has 2 aromatic heterocycles. The molecule has 7 heteroatoms. The number of amides is 1. The number of hydrogen-bond donors (Lipinski definition) is 1. The number of hydrogen-bond acceptors (Lipinski definition) is 5. The van der Waals surface area contributed by atoms with Gasteiger partial charge in [0.05, 0.1) is 16.9 Å². The Morgan fingerprint density at radius 1 is 1.32 bits per heavy atom. The lowest BCUT2D eigenvalue weighted by Crippen LogP contribution is -2.24. The summed E-state index contributed by atoms with van der Waals surface area (Å²) >= 11 is 1.30. The normalized spacial score (nSPS) is 13.1. The van der Waals surface area contributed by atoms with Crippen LogP contribution in [0.3, 0.4) is 0 Å². The number of ether oxygens (including phenoxy) is 1. The minimum absolute atomic E-state index is 0.0210. The van der Waals surface area contributed by atoms with Crippen LogP contribution in [-0.2, 0) is 30.9 Å². The molecular weight excluding hydrogens is 374 g/mol. The molecule has 0 radical (unpaired) electrons. The molecule has 3 aromatic rings. The van der Waals surface area contributed by atoms with Crippen molar-refractivity contribution in [1.29, 1.82) is 0 Å². The minimum atomic E-state index is -0.170. The average Bonchev–Trinajstić information content (AvgIpc) is 3.30. The Labute approximate surface area is 167 Å². The summed E-state index contributed by atoms with van der Waals surface area (Å²) in [6, 6.07) is 7.92. The highest BCUT2D eigenvalue weighted by Gasteiger charge is 2.23. The van der Waals surface area contributed by atoms with Gasteiger partial charge in [-0.2, -0.15) is 0 Å². The maximum Gasteiger partial charge on any atom is 0.262 e. The van der Waals surface area contributed by atoms with Crippen LogP contribution in [0.2, 0.25) is 0 Å². The zero-order valence-electron chi connectivity index (χ0n) is 16.1. The van der Waals surface area contributed by atoms with Crippen LogP contribution < -0.4 is 10.9 Å². The lowest BCUT2D eigenvalue weighted by Gasteiger charge is -2.10. The van der Waals surface area contributed by atoms with Crippen LogP contribution in [0, 0.1) is 6.92 Å². The van der Waals surface area contributed by atoms with Gasteiger partial charge in [0, 0.05) is 26.1 Å². The molecular formula is C21H23N3O3S. The third-order valence-corrected chi connectivity index (χ3v) is 6.32. The highest BCUT2D eigenvalue weighted by Crippen LogP contribution is 2.28. The fraction of sp³-hybridized carbons (Fsp3) is 0.381. The molecule has 28 heavy (non-hydrogen) atoms. The van der Waals surface area contributed by atoms with E-state index in [0.29, 0.717) is 41.4 Å². The topological polar surface area (TPSA) is 73.2 Å². The van der Waals surface area contributed by atoms with Crippen molar-refractivity contribution in [3.05, 3.63) is 62.0 Å². The Hall–Kier alpha value is -2.51. The van der Waals surface area contributed by atoms with Crippen molar-refractivity contribution in [3.63, 3.8) is 0 Å². The minimum Gasteiger partial charge on any atom is -0.377 e. The van der Waals surface area contributed by atoms with Crippen molar-refractivity contribution in [1.82, 2.24) is 14.9 Å². The summed E-state index contributed by atoms with van der Waals surface area (Å²) in [5, 5.41) is 3.57. The molecule has 1 aliphatic heterocycles. The number of carbonyl (C=O) groups is 1. The molecule has 1 amide bonds. The first kappa shape index (κ1) is 18.8. The molecule has 1 aromatic carbocycles. The van der Waals surface area contributed by atoms with Crippen LogP contribution in [0.1, 0.15) is 45.5 Å².